The van der Waals surface area contributed by atoms with Gasteiger partial charge in [0.15, 0.2) is 0 Å². The lowest BCUT2D eigenvalue weighted by Crippen LogP contribution is -2.60. The fraction of sp³-hybridized carbons (Fsp3) is 0.533. The standard InChI is InChI=1S/C15H22N2O/c1-11-7-12(2)9-13(8-11)10-17-6-5-16-15(3,4)14(17)18/h7-9,16H,5-6,10H2,1-4H3. The molecule has 18 heavy (non-hydrogen) atoms. The highest BCUT2D eigenvalue weighted by Crippen LogP contribution is 2.17. The molecule has 0 spiro atoms. The van der Waals surface area contributed by atoms with Crippen molar-refractivity contribution in [3.63, 3.8) is 0 Å². The minimum Gasteiger partial charge on any atom is -0.336 e. The van der Waals surface area contributed by atoms with Crippen molar-refractivity contribution in [2.24, 2.45) is 0 Å². The molecule has 1 N–H and O–H groups in total. The summed E-state index contributed by atoms with van der Waals surface area (Å²) in [5.41, 5.74) is 3.30. The van der Waals surface area contributed by atoms with Crippen molar-refractivity contribution in [1.82, 2.24) is 10.2 Å². The Labute approximate surface area is 109 Å². The van der Waals surface area contributed by atoms with Crippen molar-refractivity contribution < 1.29 is 4.79 Å². The fourth-order valence-corrected chi connectivity index (χ4v) is 2.61. The summed E-state index contributed by atoms with van der Waals surface area (Å²) in [6.07, 6.45) is 0. The lowest BCUT2D eigenvalue weighted by atomic mass is 9.99. The fourth-order valence-electron chi connectivity index (χ4n) is 2.61. The number of amides is 1. The third-order valence-electron chi connectivity index (χ3n) is 3.43. The second-order valence-electron chi connectivity index (χ2n) is 5.77. The van der Waals surface area contributed by atoms with E-state index in [1.165, 1.54) is 16.7 Å². The number of nitrogens with one attached hydrogen (secondary N) is 1. The maximum atomic E-state index is 12.3. The topological polar surface area (TPSA) is 32.3 Å². The van der Waals surface area contributed by atoms with E-state index >= 15 is 0 Å². The summed E-state index contributed by atoms with van der Waals surface area (Å²) in [5, 5.41) is 3.26. The second-order valence-corrected chi connectivity index (χ2v) is 5.77. The van der Waals surface area contributed by atoms with Crippen LogP contribution < -0.4 is 5.32 Å². The Hall–Kier alpha value is -1.35. The van der Waals surface area contributed by atoms with Crippen LogP contribution in [0.15, 0.2) is 18.2 Å². The van der Waals surface area contributed by atoms with E-state index in [9.17, 15) is 4.79 Å². The average Bonchev–Trinajstić information content (AvgIpc) is 2.23. The first-order valence-corrected chi connectivity index (χ1v) is 6.50. The van der Waals surface area contributed by atoms with E-state index in [0.717, 1.165) is 13.1 Å². The summed E-state index contributed by atoms with van der Waals surface area (Å²) in [5.74, 6) is 0.188. The molecule has 1 aromatic carbocycles. The summed E-state index contributed by atoms with van der Waals surface area (Å²) in [6, 6.07) is 6.48. The molecular weight excluding hydrogens is 224 g/mol. The number of aryl methyl sites for hydroxylation is 2. The highest BCUT2D eigenvalue weighted by atomic mass is 16.2. The van der Waals surface area contributed by atoms with E-state index in [1.807, 2.05) is 18.7 Å². The van der Waals surface area contributed by atoms with E-state index in [1.54, 1.807) is 0 Å². The largest absolute Gasteiger partial charge is 0.336 e. The van der Waals surface area contributed by atoms with Crippen molar-refractivity contribution in [2.75, 3.05) is 13.1 Å². The minimum absolute atomic E-state index is 0.188. The molecule has 0 aromatic heterocycles. The zero-order valence-electron chi connectivity index (χ0n) is 11.7. The molecule has 0 atom stereocenters. The first-order valence-electron chi connectivity index (χ1n) is 6.50. The van der Waals surface area contributed by atoms with E-state index < -0.39 is 5.54 Å². The van der Waals surface area contributed by atoms with Crippen molar-refractivity contribution in [1.29, 1.82) is 0 Å². The monoisotopic (exact) mass is 246 g/mol. The molecule has 98 valence electrons. The number of rotatable bonds is 2. The van der Waals surface area contributed by atoms with Crippen LogP contribution in [0.3, 0.4) is 0 Å². The van der Waals surface area contributed by atoms with Gasteiger partial charge in [-0.25, -0.2) is 0 Å². The van der Waals surface area contributed by atoms with Gasteiger partial charge < -0.3 is 10.2 Å². The van der Waals surface area contributed by atoms with Gasteiger partial charge in [-0.3, -0.25) is 4.79 Å². The van der Waals surface area contributed by atoms with Crippen LogP contribution in [0, 0.1) is 13.8 Å². The van der Waals surface area contributed by atoms with Crippen LogP contribution in [-0.2, 0) is 11.3 Å². The lowest BCUT2D eigenvalue weighted by Gasteiger charge is -2.38. The third-order valence-corrected chi connectivity index (χ3v) is 3.43. The molecule has 0 radical (unpaired) electrons. The maximum absolute atomic E-state index is 12.3. The SMILES string of the molecule is Cc1cc(C)cc(CN2CCNC(C)(C)C2=O)c1. The van der Waals surface area contributed by atoms with E-state index in [0.29, 0.717) is 6.54 Å². The van der Waals surface area contributed by atoms with Gasteiger partial charge in [0.1, 0.15) is 0 Å². The Bertz CT molecular complexity index is 445. The molecule has 1 aromatic rings. The summed E-state index contributed by atoms with van der Waals surface area (Å²) in [7, 11) is 0. The van der Waals surface area contributed by atoms with Crippen LogP contribution in [0.4, 0.5) is 0 Å². The Morgan fingerprint density at radius 2 is 1.83 bits per heavy atom. The number of carbonyl (C=O) groups excluding carboxylic acids is 1. The minimum atomic E-state index is -0.433. The van der Waals surface area contributed by atoms with Crippen LogP contribution in [0.25, 0.3) is 0 Å². The molecule has 1 aliphatic rings. The summed E-state index contributed by atoms with van der Waals surface area (Å²) in [4.78, 5) is 14.2. The van der Waals surface area contributed by atoms with Gasteiger partial charge >= 0.3 is 0 Å². The van der Waals surface area contributed by atoms with Crippen molar-refractivity contribution in [3.05, 3.63) is 34.9 Å². The summed E-state index contributed by atoms with van der Waals surface area (Å²) in [6.45, 7) is 10.5. The number of benzene rings is 1. The van der Waals surface area contributed by atoms with Crippen molar-refractivity contribution >= 4 is 5.91 Å². The molecule has 1 saturated heterocycles. The smallest absolute Gasteiger partial charge is 0.242 e. The Morgan fingerprint density at radius 3 is 2.44 bits per heavy atom. The number of hydrogen-bond acceptors (Lipinski definition) is 2. The van der Waals surface area contributed by atoms with E-state index in [4.69, 9.17) is 0 Å². The van der Waals surface area contributed by atoms with Crippen molar-refractivity contribution in [3.8, 4) is 0 Å². The first-order chi connectivity index (χ1) is 8.38. The normalized spacial score (nSPS) is 19.1. The van der Waals surface area contributed by atoms with Crippen LogP contribution >= 0.6 is 0 Å². The van der Waals surface area contributed by atoms with Gasteiger partial charge in [0.25, 0.3) is 0 Å². The predicted molar refractivity (Wildman–Crippen MR) is 73.4 cm³/mol. The molecular formula is C15H22N2O. The number of hydrogen-bond donors (Lipinski definition) is 1. The Balaban J connectivity index is 2.16. The molecule has 1 heterocycles. The quantitative estimate of drug-likeness (QED) is 0.866. The third kappa shape index (κ3) is 2.72. The highest BCUT2D eigenvalue weighted by molar-refractivity contribution is 5.86. The Kier molecular flexibility index (Phi) is 3.44. The zero-order valence-corrected chi connectivity index (χ0v) is 11.7. The van der Waals surface area contributed by atoms with Crippen LogP contribution in [-0.4, -0.2) is 29.4 Å². The number of piperazine rings is 1. The van der Waals surface area contributed by atoms with Crippen molar-refractivity contribution in [2.45, 2.75) is 39.8 Å². The molecule has 0 aliphatic carbocycles. The van der Waals surface area contributed by atoms with Gasteiger partial charge in [0.2, 0.25) is 5.91 Å². The molecule has 0 saturated carbocycles. The number of carbonyl (C=O) groups is 1. The molecule has 3 nitrogen and oxygen atoms in total. The lowest BCUT2D eigenvalue weighted by molar-refractivity contribution is -0.140. The average molecular weight is 246 g/mol. The van der Waals surface area contributed by atoms with Gasteiger partial charge in [0.05, 0.1) is 5.54 Å². The van der Waals surface area contributed by atoms with Crippen LogP contribution in [0.1, 0.15) is 30.5 Å². The molecule has 0 unspecified atom stereocenters. The second kappa shape index (κ2) is 4.73. The Morgan fingerprint density at radius 1 is 1.22 bits per heavy atom. The molecule has 1 aliphatic heterocycles. The van der Waals surface area contributed by atoms with Crippen LogP contribution in [0.2, 0.25) is 0 Å². The van der Waals surface area contributed by atoms with Gasteiger partial charge in [-0.15, -0.1) is 0 Å². The summed E-state index contributed by atoms with van der Waals surface area (Å²) >= 11 is 0. The molecule has 1 fully saturated rings. The van der Waals surface area contributed by atoms with Crippen LogP contribution in [0.5, 0.6) is 0 Å². The molecule has 1 amide bonds. The zero-order chi connectivity index (χ0) is 13.3. The van der Waals surface area contributed by atoms with Gasteiger partial charge in [-0.1, -0.05) is 29.3 Å². The molecule has 3 heteroatoms. The first kappa shape index (κ1) is 13.1. The van der Waals surface area contributed by atoms with E-state index in [2.05, 4.69) is 37.4 Å². The highest BCUT2D eigenvalue weighted by Gasteiger charge is 2.34. The van der Waals surface area contributed by atoms with E-state index in [-0.39, 0.29) is 5.91 Å². The summed E-state index contributed by atoms with van der Waals surface area (Å²) < 4.78 is 0. The van der Waals surface area contributed by atoms with Gasteiger partial charge in [0, 0.05) is 19.6 Å². The molecule has 0 bridgehead atoms. The maximum Gasteiger partial charge on any atom is 0.242 e. The van der Waals surface area contributed by atoms with Gasteiger partial charge in [-0.05, 0) is 33.3 Å². The van der Waals surface area contributed by atoms with Gasteiger partial charge in [-0.2, -0.15) is 0 Å². The molecule has 2 rings (SSSR count). The number of nitrogens with zero attached hydrogens (tertiary/aromatic N) is 1. The predicted octanol–water partition coefficient (Wildman–Crippen LogP) is 2.01.